The van der Waals surface area contributed by atoms with Crippen LogP contribution in [0.2, 0.25) is 0 Å². The van der Waals surface area contributed by atoms with E-state index in [2.05, 4.69) is 17.6 Å². The van der Waals surface area contributed by atoms with Crippen molar-refractivity contribution in [2.45, 2.75) is 45.4 Å². The Labute approximate surface area is 104 Å². The van der Waals surface area contributed by atoms with Crippen LogP contribution in [0.5, 0.6) is 0 Å². The van der Waals surface area contributed by atoms with Gasteiger partial charge in [0.1, 0.15) is 0 Å². The standard InChI is InChI=1S/C13H26N2O2/c1-2-8-14-9-12(17)15-10-13(11-16)6-4-3-5-7-13/h14,16H,2-11H2,1H3,(H,15,17). The van der Waals surface area contributed by atoms with Crippen molar-refractivity contribution in [2.24, 2.45) is 5.41 Å². The van der Waals surface area contributed by atoms with Gasteiger partial charge in [0.15, 0.2) is 0 Å². The van der Waals surface area contributed by atoms with E-state index in [1.165, 1.54) is 19.3 Å². The van der Waals surface area contributed by atoms with E-state index >= 15 is 0 Å². The predicted molar refractivity (Wildman–Crippen MR) is 68.8 cm³/mol. The van der Waals surface area contributed by atoms with Gasteiger partial charge in [-0.2, -0.15) is 0 Å². The molecule has 100 valence electrons. The van der Waals surface area contributed by atoms with Crippen molar-refractivity contribution < 1.29 is 9.90 Å². The van der Waals surface area contributed by atoms with E-state index in [4.69, 9.17) is 0 Å². The number of hydrogen-bond acceptors (Lipinski definition) is 3. The fourth-order valence-corrected chi connectivity index (χ4v) is 2.42. The Bertz CT molecular complexity index is 225. The van der Waals surface area contributed by atoms with Crippen LogP contribution in [0.1, 0.15) is 45.4 Å². The van der Waals surface area contributed by atoms with E-state index in [1.807, 2.05) is 0 Å². The lowest BCUT2D eigenvalue weighted by molar-refractivity contribution is -0.121. The van der Waals surface area contributed by atoms with Crippen molar-refractivity contribution in [1.82, 2.24) is 10.6 Å². The molecule has 1 aliphatic carbocycles. The molecule has 0 bridgehead atoms. The SMILES string of the molecule is CCCNCC(=O)NCC1(CO)CCCCC1. The van der Waals surface area contributed by atoms with E-state index in [1.54, 1.807) is 0 Å². The third kappa shape index (κ3) is 5.04. The zero-order chi connectivity index (χ0) is 12.6. The number of aliphatic hydroxyl groups excluding tert-OH is 1. The summed E-state index contributed by atoms with van der Waals surface area (Å²) in [5, 5.41) is 15.5. The molecule has 0 aromatic rings. The second-order valence-corrected chi connectivity index (χ2v) is 5.17. The Morgan fingerprint density at radius 3 is 2.59 bits per heavy atom. The highest BCUT2D eigenvalue weighted by molar-refractivity contribution is 5.78. The molecule has 0 aliphatic heterocycles. The first-order valence-electron chi connectivity index (χ1n) is 6.81. The van der Waals surface area contributed by atoms with E-state index in [0.29, 0.717) is 13.1 Å². The topological polar surface area (TPSA) is 61.4 Å². The van der Waals surface area contributed by atoms with Crippen molar-refractivity contribution >= 4 is 5.91 Å². The smallest absolute Gasteiger partial charge is 0.233 e. The third-order valence-corrected chi connectivity index (χ3v) is 3.62. The van der Waals surface area contributed by atoms with E-state index < -0.39 is 0 Å². The Morgan fingerprint density at radius 1 is 1.29 bits per heavy atom. The van der Waals surface area contributed by atoms with Gasteiger partial charge < -0.3 is 15.7 Å². The van der Waals surface area contributed by atoms with Gasteiger partial charge in [0.2, 0.25) is 5.91 Å². The minimum absolute atomic E-state index is 0.0387. The molecule has 1 saturated carbocycles. The van der Waals surface area contributed by atoms with Crippen LogP contribution in [0.4, 0.5) is 0 Å². The first-order chi connectivity index (χ1) is 8.22. The summed E-state index contributed by atoms with van der Waals surface area (Å²) in [6, 6.07) is 0. The van der Waals surface area contributed by atoms with E-state index in [9.17, 15) is 9.90 Å². The monoisotopic (exact) mass is 242 g/mol. The lowest BCUT2D eigenvalue weighted by atomic mass is 9.74. The lowest BCUT2D eigenvalue weighted by Crippen LogP contribution is -2.44. The molecule has 0 radical (unpaired) electrons. The molecule has 0 aromatic heterocycles. The molecule has 4 nitrogen and oxygen atoms in total. The van der Waals surface area contributed by atoms with Crippen molar-refractivity contribution in [3.8, 4) is 0 Å². The molecule has 0 atom stereocenters. The van der Waals surface area contributed by atoms with E-state index in [0.717, 1.165) is 25.8 Å². The summed E-state index contributed by atoms with van der Waals surface area (Å²) in [5.41, 5.74) is -0.0569. The maximum absolute atomic E-state index is 11.6. The molecule has 17 heavy (non-hydrogen) atoms. The molecule has 1 rings (SSSR count). The number of carbonyl (C=O) groups excluding carboxylic acids is 1. The van der Waals surface area contributed by atoms with Gasteiger partial charge in [-0.15, -0.1) is 0 Å². The molecular weight excluding hydrogens is 216 g/mol. The number of rotatable bonds is 7. The third-order valence-electron chi connectivity index (χ3n) is 3.62. The first kappa shape index (κ1) is 14.5. The quantitative estimate of drug-likeness (QED) is 0.585. The van der Waals surface area contributed by atoms with Crippen LogP contribution in [0, 0.1) is 5.41 Å². The van der Waals surface area contributed by atoms with Crippen molar-refractivity contribution in [3.05, 3.63) is 0 Å². The molecule has 0 spiro atoms. The van der Waals surface area contributed by atoms with Gasteiger partial charge in [-0.05, 0) is 25.8 Å². The molecule has 0 heterocycles. The van der Waals surface area contributed by atoms with Gasteiger partial charge in [-0.3, -0.25) is 4.79 Å². The zero-order valence-corrected chi connectivity index (χ0v) is 10.9. The maximum Gasteiger partial charge on any atom is 0.233 e. The average molecular weight is 242 g/mol. The number of aliphatic hydroxyl groups is 1. The Kier molecular flexibility index (Phi) is 6.52. The van der Waals surface area contributed by atoms with Crippen molar-refractivity contribution in [3.63, 3.8) is 0 Å². The van der Waals surface area contributed by atoms with Crippen LogP contribution in [-0.2, 0) is 4.79 Å². The van der Waals surface area contributed by atoms with Crippen molar-refractivity contribution in [2.75, 3.05) is 26.2 Å². The highest BCUT2D eigenvalue weighted by Crippen LogP contribution is 2.35. The van der Waals surface area contributed by atoms with Crippen LogP contribution in [0.25, 0.3) is 0 Å². The summed E-state index contributed by atoms with van der Waals surface area (Å²) in [7, 11) is 0. The molecule has 4 heteroatoms. The summed E-state index contributed by atoms with van der Waals surface area (Å²) in [6.07, 6.45) is 6.70. The van der Waals surface area contributed by atoms with Gasteiger partial charge >= 0.3 is 0 Å². The summed E-state index contributed by atoms with van der Waals surface area (Å²) >= 11 is 0. The lowest BCUT2D eigenvalue weighted by Gasteiger charge is -2.35. The van der Waals surface area contributed by atoms with Gasteiger partial charge in [0, 0.05) is 12.0 Å². The highest BCUT2D eigenvalue weighted by atomic mass is 16.3. The number of hydrogen-bond donors (Lipinski definition) is 3. The minimum Gasteiger partial charge on any atom is -0.396 e. The van der Waals surface area contributed by atoms with Crippen molar-refractivity contribution in [1.29, 1.82) is 0 Å². The van der Waals surface area contributed by atoms with Gasteiger partial charge in [0.25, 0.3) is 0 Å². The average Bonchev–Trinajstić information content (AvgIpc) is 2.38. The maximum atomic E-state index is 11.6. The summed E-state index contributed by atoms with van der Waals surface area (Å²) in [4.78, 5) is 11.6. The molecule has 0 aromatic carbocycles. The fraction of sp³-hybridized carbons (Fsp3) is 0.923. The summed E-state index contributed by atoms with van der Waals surface area (Å²) < 4.78 is 0. The van der Waals surface area contributed by atoms with Gasteiger partial charge in [-0.1, -0.05) is 26.2 Å². The second kappa shape index (κ2) is 7.67. The number of nitrogens with one attached hydrogen (secondary N) is 2. The Morgan fingerprint density at radius 2 is 2.00 bits per heavy atom. The van der Waals surface area contributed by atoms with Crippen LogP contribution in [-0.4, -0.2) is 37.3 Å². The highest BCUT2D eigenvalue weighted by Gasteiger charge is 2.31. The second-order valence-electron chi connectivity index (χ2n) is 5.17. The predicted octanol–water partition coefficient (Wildman–Crippen LogP) is 1.04. The molecule has 1 aliphatic rings. The molecule has 1 fully saturated rings. The van der Waals surface area contributed by atoms with Gasteiger partial charge in [0.05, 0.1) is 13.2 Å². The summed E-state index contributed by atoms with van der Waals surface area (Å²) in [6.45, 7) is 4.15. The molecule has 3 N–H and O–H groups in total. The normalized spacial score (nSPS) is 18.9. The zero-order valence-electron chi connectivity index (χ0n) is 10.9. The molecular formula is C13H26N2O2. The van der Waals surface area contributed by atoms with Crippen LogP contribution in [0.3, 0.4) is 0 Å². The number of amides is 1. The van der Waals surface area contributed by atoms with Crippen LogP contribution in [0.15, 0.2) is 0 Å². The molecule has 1 amide bonds. The largest absolute Gasteiger partial charge is 0.396 e. The van der Waals surface area contributed by atoms with Gasteiger partial charge in [-0.25, -0.2) is 0 Å². The van der Waals surface area contributed by atoms with E-state index in [-0.39, 0.29) is 17.9 Å². The minimum atomic E-state index is -0.0569. The Hall–Kier alpha value is -0.610. The van der Waals surface area contributed by atoms with Crippen LogP contribution < -0.4 is 10.6 Å². The number of carbonyl (C=O) groups is 1. The van der Waals surface area contributed by atoms with Crippen LogP contribution >= 0.6 is 0 Å². The summed E-state index contributed by atoms with van der Waals surface area (Å²) in [5.74, 6) is 0.0387. The first-order valence-corrected chi connectivity index (χ1v) is 6.81. The fourth-order valence-electron chi connectivity index (χ4n) is 2.42. The molecule has 0 unspecified atom stereocenters. The Balaban J connectivity index is 2.24. The molecule has 0 saturated heterocycles.